The maximum atomic E-state index is 5.78. The topological polar surface area (TPSA) is 72.7 Å². The Hall–Kier alpha value is -2.70. The minimum absolute atomic E-state index is 0.626. The van der Waals surface area contributed by atoms with E-state index in [1.165, 1.54) is 16.5 Å². The molecule has 0 bridgehead atoms. The predicted octanol–water partition coefficient (Wildman–Crippen LogP) is 4.37. The van der Waals surface area contributed by atoms with Crippen LogP contribution in [0.4, 0.5) is 0 Å². The number of nitrogens with zero attached hydrogens (tertiary/aromatic N) is 1. The summed E-state index contributed by atoms with van der Waals surface area (Å²) in [5.41, 5.74) is 9.54. The van der Waals surface area contributed by atoms with Crippen LogP contribution in [0.1, 0.15) is 30.4 Å². The van der Waals surface area contributed by atoms with Crippen LogP contribution in [-0.2, 0) is 13.0 Å². The van der Waals surface area contributed by atoms with E-state index in [1.54, 1.807) is 21.3 Å². The van der Waals surface area contributed by atoms with Crippen molar-refractivity contribution in [3.63, 3.8) is 0 Å². The fourth-order valence-corrected chi connectivity index (χ4v) is 4.06. The Balaban J connectivity index is 1.61. The van der Waals surface area contributed by atoms with Gasteiger partial charge < -0.3 is 24.9 Å². The van der Waals surface area contributed by atoms with Gasteiger partial charge in [-0.3, -0.25) is 4.90 Å². The van der Waals surface area contributed by atoms with Gasteiger partial charge in [0.2, 0.25) is 5.75 Å². The standard InChI is InChI=1S/C25H35N3O3/c1-29-23-15-19(16-24(30-2)25(23)31-3)18-28(14-8-12-26)13-7-6-9-20-17-27-22-11-5-4-10-21(20)22/h4-5,10-11,15-17,27H,6-9,12-14,18,26H2,1-3H3. The monoisotopic (exact) mass is 425 g/mol. The molecule has 3 rings (SSSR count). The van der Waals surface area contributed by atoms with Crippen molar-refractivity contribution >= 4 is 10.9 Å². The quantitative estimate of drug-likeness (QED) is 0.398. The molecule has 0 fully saturated rings. The van der Waals surface area contributed by atoms with Gasteiger partial charge in [-0.2, -0.15) is 0 Å². The van der Waals surface area contributed by atoms with E-state index in [0.29, 0.717) is 23.8 Å². The Labute approximate surface area is 185 Å². The van der Waals surface area contributed by atoms with Crippen LogP contribution in [0.15, 0.2) is 42.6 Å². The number of aromatic nitrogens is 1. The van der Waals surface area contributed by atoms with Crippen molar-refractivity contribution in [2.24, 2.45) is 5.73 Å². The van der Waals surface area contributed by atoms with Crippen LogP contribution in [0.3, 0.4) is 0 Å². The van der Waals surface area contributed by atoms with Crippen molar-refractivity contribution in [1.29, 1.82) is 0 Å². The van der Waals surface area contributed by atoms with Crippen molar-refractivity contribution in [3.05, 3.63) is 53.7 Å². The summed E-state index contributed by atoms with van der Waals surface area (Å²) < 4.78 is 16.5. The Bertz CT molecular complexity index is 929. The van der Waals surface area contributed by atoms with Gasteiger partial charge in [0.15, 0.2) is 11.5 Å². The smallest absolute Gasteiger partial charge is 0.203 e. The molecule has 3 aromatic rings. The van der Waals surface area contributed by atoms with Gasteiger partial charge in [-0.1, -0.05) is 18.2 Å². The molecule has 0 saturated heterocycles. The number of para-hydroxylation sites is 1. The lowest BCUT2D eigenvalue weighted by molar-refractivity contribution is 0.256. The van der Waals surface area contributed by atoms with E-state index in [4.69, 9.17) is 19.9 Å². The van der Waals surface area contributed by atoms with Gasteiger partial charge in [-0.15, -0.1) is 0 Å². The van der Waals surface area contributed by atoms with Crippen LogP contribution in [0.2, 0.25) is 0 Å². The van der Waals surface area contributed by atoms with Gasteiger partial charge in [-0.05, 0) is 74.6 Å². The number of aryl methyl sites for hydroxylation is 1. The van der Waals surface area contributed by atoms with Crippen molar-refractivity contribution in [2.45, 2.75) is 32.2 Å². The van der Waals surface area contributed by atoms with Gasteiger partial charge in [0.25, 0.3) is 0 Å². The summed E-state index contributed by atoms with van der Waals surface area (Å²) in [5.74, 6) is 2.01. The van der Waals surface area contributed by atoms with Crippen LogP contribution in [0.5, 0.6) is 17.2 Å². The number of unbranched alkanes of at least 4 members (excludes halogenated alkanes) is 1. The average Bonchev–Trinajstić information content (AvgIpc) is 3.22. The normalized spacial score (nSPS) is 11.3. The SMILES string of the molecule is COc1cc(CN(CCCN)CCCCc2c[nH]c3ccccc23)cc(OC)c1OC. The van der Waals surface area contributed by atoms with E-state index in [0.717, 1.165) is 50.9 Å². The fraction of sp³-hybridized carbons (Fsp3) is 0.440. The Kier molecular flexibility index (Phi) is 8.62. The predicted molar refractivity (Wildman–Crippen MR) is 126 cm³/mol. The number of aromatic amines is 1. The molecule has 6 heteroatoms. The van der Waals surface area contributed by atoms with Crippen molar-refractivity contribution in [2.75, 3.05) is 41.0 Å². The van der Waals surface area contributed by atoms with Crippen LogP contribution >= 0.6 is 0 Å². The maximum Gasteiger partial charge on any atom is 0.203 e. The summed E-state index contributed by atoms with van der Waals surface area (Å²) in [6.45, 7) is 3.52. The lowest BCUT2D eigenvalue weighted by Crippen LogP contribution is -2.27. The summed E-state index contributed by atoms with van der Waals surface area (Å²) in [5, 5.41) is 1.33. The molecule has 0 aliphatic heterocycles. The third-order valence-corrected chi connectivity index (χ3v) is 5.65. The molecule has 2 aromatic carbocycles. The Morgan fingerprint density at radius 1 is 0.903 bits per heavy atom. The van der Waals surface area contributed by atoms with Crippen molar-refractivity contribution < 1.29 is 14.2 Å². The highest BCUT2D eigenvalue weighted by Gasteiger charge is 2.15. The number of benzene rings is 2. The highest BCUT2D eigenvalue weighted by molar-refractivity contribution is 5.82. The third kappa shape index (κ3) is 5.93. The average molecular weight is 426 g/mol. The zero-order valence-corrected chi connectivity index (χ0v) is 18.9. The number of fused-ring (bicyclic) bond motifs is 1. The molecular weight excluding hydrogens is 390 g/mol. The van der Waals surface area contributed by atoms with E-state index >= 15 is 0 Å². The van der Waals surface area contributed by atoms with Crippen LogP contribution in [-0.4, -0.2) is 50.8 Å². The molecule has 0 aliphatic carbocycles. The van der Waals surface area contributed by atoms with Crippen molar-refractivity contribution in [3.8, 4) is 17.2 Å². The lowest BCUT2D eigenvalue weighted by Gasteiger charge is -2.23. The molecule has 1 heterocycles. The molecule has 0 saturated carbocycles. The van der Waals surface area contributed by atoms with E-state index in [1.807, 2.05) is 12.1 Å². The minimum atomic E-state index is 0.626. The molecule has 0 atom stereocenters. The van der Waals surface area contributed by atoms with E-state index in [9.17, 15) is 0 Å². The molecule has 0 radical (unpaired) electrons. The van der Waals surface area contributed by atoms with Crippen molar-refractivity contribution in [1.82, 2.24) is 9.88 Å². The number of ether oxygens (including phenoxy) is 3. The van der Waals surface area contributed by atoms with E-state index in [2.05, 4.69) is 40.3 Å². The summed E-state index contributed by atoms with van der Waals surface area (Å²) in [7, 11) is 4.93. The van der Waals surface area contributed by atoms with E-state index in [-0.39, 0.29) is 0 Å². The molecule has 0 spiro atoms. The minimum Gasteiger partial charge on any atom is -0.493 e. The Morgan fingerprint density at radius 3 is 2.29 bits per heavy atom. The number of nitrogens with one attached hydrogen (secondary N) is 1. The number of hydrogen-bond acceptors (Lipinski definition) is 5. The first kappa shape index (κ1) is 23.0. The largest absolute Gasteiger partial charge is 0.493 e. The van der Waals surface area contributed by atoms with Gasteiger partial charge in [0.1, 0.15) is 0 Å². The number of nitrogens with two attached hydrogens (primary N) is 1. The summed E-state index contributed by atoms with van der Waals surface area (Å²) in [6, 6.07) is 12.6. The molecule has 31 heavy (non-hydrogen) atoms. The second-order valence-corrected chi connectivity index (χ2v) is 7.77. The highest BCUT2D eigenvalue weighted by Crippen LogP contribution is 2.38. The molecular formula is C25H35N3O3. The second kappa shape index (κ2) is 11.6. The molecule has 168 valence electrons. The molecule has 0 aliphatic rings. The van der Waals surface area contributed by atoms with Gasteiger partial charge >= 0.3 is 0 Å². The van der Waals surface area contributed by atoms with Crippen LogP contribution < -0.4 is 19.9 Å². The van der Waals surface area contributed by atoms with Gasteiger partial charge in [-0.25, -0.2) is 0 Å². The fourth-order valence-electron chi connectivity index (χ4n) is 4.06. The number of H-pyrrole nitrogens is 1. The Morgan fingerprint density at radius 2 is 1.61 bits per heavy atom. The maximum absolute atomic E-state index is 5.78. The first-order chi connectivity index (χ1) is 15.2. The zero-order chi connectivity index (χ0) is 22.1. The second-order valence-electron chi connectivity index (χ2n) is 7.77. The summed E-state index contributed by atoms with van der Waals surface area (Å²) >= 11 is 0. The highest BCUT2D eigenvalue weighted by atomic mass is 16.5. The summed E-state index contributed by atoms with van der Waals surface area (Å²) in [6.07, 6.45) is 6.49. The van der Waals surface area contributed by atoms with Crippen LogP contribution in [0, 0.1) is 0 Å². The number of hydrogen-bond donors (Lipinski definition) is 2. The molecule has 1 aromatic heterocycles. The van der Waals surface area contributed by atoms with Crippen LogP contribution in [0.25, 0.3) is 10.9 Å². The van der Waals surface area contributed by atoms with Gasteiger partial charge in [0.05, 0.1) is 21.3 Å². The first-order valence-corrected chi connectivity index (χ1v) is 11.0. The molecule has 0 amide bonds. The third-order valence-electron chi connectivity index (χ3n) is 5.65. The first-order valence-electron chi connectivity index (χ1n) is 11.0. The zero-order valence-electron chi connectivity index (χ0n) is 18.9. The molecule has 0 unspecified atom stereocenters. The summed E-state index contributed by atoms with van der Waals surface area (Å²) in [4.78, 5) is 5.83. The number of rotatable bonds is 13. The van der Waals surface area contributed by atoms with Gasteiger partial charge in [0, 0.05) is 23.6 Å². The lowest BCUT2D eigenvalue weighted by atomic mass is 10.1. The molecule has 6 nitrogen and oxygen atoms in total. The molecule has 3 N–H and O–H groups in total. The van der Waals surface area contributed by atoms with E-state index < -0.39 is 0 Å². The number of methoxy groups -OCH3 is 3.